The van der Waals surface area contributed by atoms with Gasteiger partial charge in [0.05, 0.1) is 17.9 Å². The number of amides is 1. The highest BCUT2D eigenvalue weighted by atomic mass is 19.1. The Kier molecular flexibility index (Phi) is 5.09. The van der Waals surface area contributed by atoms with Crippen molar-refractivity contribution in [1.29, 1.82) is 0 Å². The number of benzene rings is 1. The van der Waals surface area contributed by atoms with Crippen molar-refractivity contribution in [1.82, 2.24) is 4.90 Å². The molecule has 1 unspecified atom stereocenters. The fraction of sp³-hybridized carbons (Fsp3) is 0.462. The van der Waals surface area contributed by atoms with E-state index in [1.165, 1.54) is 18.2 Å². The largest absolute Gasteiger partial charge is 0.397 e. The Morgan fingerprint density at radius 2 is 2.22 bits per heavy atom. The molecule has 1 atom stereocenters. The second kappa shape index (κ2) is 6.35. The molecule has 0 saturated carbocycles. The summed E-state index contributed by atoms with van der Waals surface area (Å²) >= 11 is 0. The Hall–Kier alpha value is -1.62. The first-order valence-electron chi connectivity index (χ1n) is 5.99. The van der Waals surface area contributed by atoms with E-state index in [2.05, 4.69) is 12.2 Å². The zero-order valence-corrected chi connectivity index (χ0v) is 11.0. The third-order valence-corrected chi connectivity index (χ3v) is 3.03. The lowest BCUT2D eigenvalue weighted by Gasteiger charge is -2.22. The van der Waals surface area contributed by atoms with Crippen LogP contribution in [0.15, 0.2) is 18.2 Å². The second-order valence-electron chi connectivity index (χ2n) is 4.45. The Labute approximate surface area is 107 Å². The van der Waals surface area contributed by atoms with Crippen LogP contribution in [0.2, 0.25) is 0 Å². The van der Waals surface area contributed by atoms with Crippen molar-refractivity contribution in [3.63, 3.8) is 0 Å². The summed E-state index contributed by atoms with van der Waals surface area (Å²) in [6.45, 7) is 4.36. The Bertz CT molecular complexity index is 423. The number of carbonyl (C=O) groups is 1. The molecule has 18 heavy (non-hydrogen) atoms. The van der Waals surface area contributed by atoms with Gasteiger partial charge in [0.1, 0.15) is 5.82 Å². The molecule has 0 fully saturated rings. The summed E-state index contributed by atoms with van der Waals surface area (Å²) in [6.07, 6.45) is 0.964. The topological polar surface area (TPSA) is 58.4 Å². The van der Waals surface area contributed by atoms with Crippen molar-refractivity contribution >= 4 is 17.3 Å². The number of anilines is 2. The minimum atomic E-state index is -0.421. The van der Waals surface area contributed by atoms with Gasteiger partial charge in [0.15, 0.2) is 0 Å². The molecule has 4 nitrogen and oxygen atoms in total. The van der Waals surface area contributed by atoms with E-state index < -0.39 is 5.82 Å². The van der Waals surface area contributed by atoms with E-state index in [4.69, 9.17) is 5.73 Å². The molecular formula is C13H20FN3O. The number of likely N-dealkylation sites (N-methyl/N-ethyl adjacent to an activating group) is 1. The minimum absolute atomic E-state index is 0.199. The van der Waals surface area contributed by atoms with Crippen LogP contribution in [0, 0.1) is 5.82 Å². The van der Waals surface area contributed by atoms with Gasteiger partial charge in [-0.2, -0.15) is 0 Å². The molecule has 0 aliphatic rings. The monoisotopic (exact) mass is 253 g/mol. The first-order valence-corrected chi connectivity index (χ1v) is 5.99. The van der Waals surface area contributed by atoms with E-state index in [1.807, 2.05) is 18.9 Å². The molecule has 0 radical (unpaired) electrons. The molecule has 5 heteroatoms. The SMILES string of the molecule is CCC(C)N(C)CC(=O)Nc1cc(F)ccc1N. The van der Waals surface area contributed by atoms with Crippen LogP contribution in [0.3, 0.4) is 0 Å². The highest BCUT2D eigenvalue weighted by Crippen LogP contribution is 2.19. The maximum absolute atomic E-state index is 13.0. The summed E-state index contributed by atoms with van der Waals surface area (Å²) in [5.41, 5.74) is 6.33. The molecule has 3 N–H and O–H groups in total. The minimum Gasteiger partial charge on any atom is -0.397 e. The van der Waals surface area contributed by atoms with Gasteiger partial charge < -0.3 is 11.1 Å². The van der Waals surface area contributed by atoms with Crippen molar-refractivity contribution in [2.24, 2.45) is 0 Å². The van der Waals surface area contributed by atoms with Gasteiger partial charge in [0.25, 0.3) is 0 Å². The van der Waals surface area contributed by atoms with Gasteiger partial charge in [-0.05, 0) is 38.6 Å². The number of carbonyl (C=O) groups excluding carboxylic acids is 1. The molecule has 0 aliphatic heterocycles. The molecule has 0 aliphatic carbocycles. The van der Waals surface area contributed by atoms with Gasteiger partial charge in [-0.3, -0.25) is 9.69 Å². The van der Waals surface area contributed by atoms with Gasteiger partial charge in [-0.15, -0.1) is 0 Å². The maximum Gasteiger partial charge on any atom is 0.238 e. The summed E-state index contributed by atoms with van der Waals surface area (Å²) in [7, 11) is 1.88. The van der Waals surface area contributed by atoms with Crippen molar-refractivity contribution in [3.05, 3.63) is 24.0 Å². The molecule has 1 aromatic carbocycles. The molecule has 100 valence electrons. The molecule has 0 saturated heterocycles. The average molecular weight is 253 g/mol. The predicted molar refractivity (Wildman–Crippen MR) is 71.8 cm³/mol. The van der Waals surface area contributed by atoms with Crippen LogP contribution in [0.1, 0.15) is 20.3 Å². The van der Waals surface area contributed by atoms with Gasteiger partial charge in [0, 0.05) is 6.04 Å². The summed E-state index contributed by atoms with van der Waals surface area (Å²) in [6, 6.07) is 4.23. The average Bonchev–Trinajstić information content (AvgIpc) is 2.32. The summed E-state index contributed by atoms with van der Waals surface area (Å²) in [5, 5.41) is 2.62. The van der Waals surface area contributed by atoms with Crippen molar-refractivity contribution in [2.45, 2.75) is 26.3 Å². The first-order chi connectivity index (χ1) is 8.43. The van der Waals surface area contributed by atoms with Crippen LogP contribution in [0.25, 0.3) is 0 Å². The van der Waals surface area contributed by atoms with Gasteiger partial charge in [-0.25, -0.2) is 4.39 Å². The van der Waals surface area contributed by atoms with E-state index in [9.17, 15) is 9.18 Å². The number of nitrogen functional groups attached to an aromatic ring is 1. The van der Waals surface area contributed by atoms with E-state index in [0.717, 1.165) is 6.42 Å². The van der Waals surface area contributed by atoms with Crippen molar-refractivity contribution in [3.8, 4) is 0 Å². The lowest BCUT2D eigenvalue weighted by molar-refractivity contribution is -0.117. The summed E-state index contributed by atoms with van der Waals surface area (Å²) < 4.78 is 13.0. The first kappa shape index (κ1) is 14.4. The number of nitrogens with zero attached hydrogens (tertiary/aromatic N) is 1. The third-order valence-electron chi connectivity index (χ3n) is 3.03. The third kappa shape index (κ3) is 4.00. The van der Waals surface area contributed by atoms with E-state index in [1.54, 1.807) is 0 Å². The predicted octanol–water partition coefficient (Wildman–Crippen LogP) is 2.08. The van der Waals surface area contributed by atoms with Crippen LogP contribution in [0.4, 0.5) is 15.8 Å². The van der Waals surface area contributed by atoms with Crippen LogP contribution >= 0.6 is 0 Å². The van der Waals surface area contributed by atoms with Crippen LogP contribution in [0.5, 0.6) is 0 Å². The molecule has 0 aromatic heterocycles. The Morgan fingerprint density at radius 1 is 1.56 bits per heavy atom. The molecule has 1 rings (SSSR count). The van der Waals surface area contributed by atoms with E-state index in [0.29, 0.717) is 17.4 Å². The number of halogens is 1. The number of nitrogens with two attached hydrogens (primary N) is 1. The highest BCUT2D eigenvalue weighted by Gasteiger charge is 2.12. The summed E-state index contributed by atoms with van der Waals surface area (Å²) in [5.74, 6) is -0.620. The zero-order chi connectivity index (χ0) is 13.7. The van der Waals surface area contributed by atoms with Crippen molar-refractivity contribution < 1.29 is 9.18 Å². The molecular weight excluding hydrogens is 233 g/mol. The Balaban J connectivity index is 2.62. The molecule has 0 bridgehead atoms. The second-order valence-corrected chi connectivity index (χ2v) is 4.45. The van der Waals surface area contributed by atoms with Crippen molar-refractivity contribution in [2.75, 3.05) is 24.6 Å². The number of hydrogen-bond donors (Lipinski definition) is 2. The molecule has 0 spiro atoms. The molecule has 0 heterocycles. The normalized spacial score (nSPS) is 12.5. The number of rotatable bonds is 5. The standard InChI is InChI=1S/C13H20FN3O/c1-4-9(2)17(3)8-13(18)16-12-7-10(14)5-6-11(12)15/h5-7,9H,4,8,15H2,1-3H3,(H,16,18). The van der Waals surface area contributed by atoms with E-state index >= 15 is 0 Å². The van der Waals surface area contributed by atoms with Crippen LogP contribution in [-0.4, -0.2) is 30.4 Å². The van der Waals surface area contributed by atoms with Gasteiger partial charge in [0.2, 0.25) is 5.91 Å². The smallest absolute Gasteiger partial charge is 0.238 e. The quantitative estimate of drug-likeness (QED) is 0.790. The highest BCUT2D eigenvalue weighted by molar-refractivity contribution is 5.95. The molecule has 1 amide bonds. The summed E-state index contributed by atoms with van der Waals surface area (Å²) in [4.78, 5) is 13.7. The fourth-order valence-electron chi connectivity index (χ4n) is 1.52. The maximum atomic E-state index is 13.0. The van der Waals surface area contributed by atoms with Crippen LogP contribution < -0.4 is 11.1 Å². The fourth-order valence-corrected chi connectivity index (χ4v) is 1.52. The zero-order valence-electron chi connectivity index (χ0n) is 11.0. The molecule has 1 aromatic rings. The number of hydrogen-bond acceptors (Lipinski definition) is 3. The lowest BCUT2D eigenvalue weighted by atomic mass is 10.2. The van der Waals surface area contributed by atoms with E-state index in [-0.39, 0.29) is 12.5 Å². The van der Waals surface area contributed by atoms with Gasteiger partial charge in [-0.1, -0.05) is 6.92 Å². The Morgan fingerprint density at radius 3 is 2.83 bits per heavy atom. The van der Waals surface area contributed by atoms with Gasteiger partial charge >= 0.3 is 0 Å². The number of nitrogens with one attached hydrogen (secondary N) is 1. The lowest BCUT2D eigenvalue weighted by Crippen LogP contribution is -2.36. The van der Waals surface area contributed by atoms with Crippen LogP contribution in [-0.2, 0) is 4.79 Å².